The van der Waals surface area contributed by atoms with Gasteiger partial charge in [0.25, 0.3) is 0 Å². The van der Waals surface area contributed by atoms with Crippen molar-refractivity contribution in [2.75, 3.05) is 27.2 Å². The summed E-state index contributed by atoms with van der Waals surface area (Å²) in [7, 11) is 4.16. The topological polar surface area (TPSA) is 49.6 Å². The zero-order valence-corrected chi connectivity index (χ0v) is 13.2. The number of hydrogen-bond donors (Lipinski definition) is 1. The van der Waals surface area contributed by atoms with Gasteiger partial charge in [-0.15, -0.1) is 0 Å². The number of carbonyl (C=O) groups excluding carboxylic acids is 1. The zero-order chi connectivity index (χ0) is 14.5. The van der Waals surface area contributed by atoms with Gasteiger partial charge in [0.1, 0.15) is 0 Å². The summed E-state index contributed by atoms with van der Waals surface area (Å²) < 4.78 is 0. The molecule has 0 aliphatic heterocycles. The largest absolute Gasteiger partial charge is 0.338 e. The van der Waals surface area contributed by atoms with Crippen LogP contribution in [-0.2, 0) is 4.79 Å². The second kappa shape index (κ2) is 7.41. The normalized spacial score (nSPS) is 28.0. The molecule has 0 aromatic rings. The first kappa shape index (κ1) is 15.8. The second-order valence-corrected chi connectivity index (χ2v) is 6.88. The molecule has 2 N–H and O–H groups in total. The molecule has 0 radical (unpaired) electrons. The van der Waals surface area contributed by atoms with Crippen molar-refractivity contribution in [1.29, 1.82) is 0 Å². The van der Waals surface area contributed by atoms with Crippen molar-refractivity contribution in [3.63, 3.8) is 0 Å². The number of rotatable bonds is 5. The Labute approximate surface area is 123 Å². The third-order valence-corrected chi connectivity index (χ3v) is 4.96. The Balaban J connectivity index is 1.95. The highest BCUT2D eigenvalue weighted by Gasteiger charge is 2.32. The van der Waals surface area contributed by atoms with Gasteiger partial charge in [-0.2, -0.15) is 0 Å². The third-order valence-electron chi connectivity index (χ3n) is 4.96. The van der Waals surface area contributed by atoms with Gasteiger partial charge >= 0.3 is 0 Å². The summed E-state index contributed by atoms with van der Waals surface area (Å²) in [6, 6.07) is 0.818. The van der Waals surface area contributed by atoms with Crippen LogP contribution in [0.25, 0.3) is 0 Å². The predicted octanol–water partition coefficient (Wildman–Crippen LogP) is 1.84. The zero-order valence-electron chi connectivity index (χ0n) is 13.2. The van der Waals surface area contributed by atoms with Crippen LogP contribution in [0.15, 0.2) is 0 Å². The van der Waals surface area contributed by atoms with Crippen LogP contribution < -0.4 is 5.73 Å². The maximum atomic E-state index is 12.9. The van der Waals surface area contributed by atoms with E-state index in [-0.39, 0.29) is 5.92 Å². The lowest BCUT2D eigenvalue weighted by Crippen LogP contribution is -2.46. The standard InChI is InChI=1S/C16H31N3O/c1-18(2)11-12-19(15-5-3-4-6-15)16(20)13-7-9-14(17)10-8-13/h13-15H,3-12,17H2,1-2H3. The molecule has 20 heavy (non-hydrogen) atoms. The van der Waals surface area contributed by atoms with E-state index < -0.39 is 0 Å². The Kier molecular flexibility index (Phi) is 5.85. The van der Waals surface area contributed by atoms with Crippen LogP contribution in [0.1, 0.15) is 51.4 Å². The summed E-state index contributed by atoms with van der Waals surface area (Å²) in [6.45, 7) is 1.85. The molecule has 0 aromatic carbocycles. The van der Waals surface area contributed by atoms with Crippen LogP contribution in [0.3, 0.4) is 0 Å². The third kappa shape index (κ3) is 4.19. The van der Waals surface area contributed by atoms with E-state index >= 15 is 0 Å². The summed E-state index contributed by atoms with van der Waals surface area (Å²) in [4.78, 5) is 17.2. The monoisotopic (exact) mass is 281 g/mol. The lowest BCUT2D eigenvalue weighted by Gasteiger charge is -2.35. The number of nitrogens with zero attached hydrogens (tertiary/aromatic N) is 2. The Morgan fingerprint density at radius 3 is 2.15 bits per heavy atom. The molecule has 2 rings (SSSR count). The average Bonchev–Trinajstić information content (AvgIpc) is 2.93. The highest BCUT2D eigenvalue weighted by Crippen LogP contribution is 2.29. The van der Waals surface area contributed by atoms with E-state index in [4.69, 9.17) is 5.73 Å². The van der Waals surface area contributed by atoms with E-state index in [1.54, 1.807) is 0 Å². The van der Waals surface area contributed by atoms with E-state index in [0.29, 0.717) is 18.0 Å². The maximum absolute atomic E-state index is 12.9. The molecule has 2 saturated carbocycles. The number of likely N-dealkylation sites (N-methyl/N-ethyl adjacent to an activating group) is 1. The fraction of sp³-hybridized carbons (Fsp3) is 0.938. The lowest BCUT2D eigenvalue weighted by molar-refractivity contribution is -0.139. The van der Waals surface area contributed by atoms with Crippen molar-refractivity contribution in [1.82, 2.24) is 9.80 Å². The van der Waals surface area contributed by atoms with Gasteiger partial charge in [-0.05, 0) is 52.6 Å². The maximum Gasteiger partial charge on any atom is 0.225 e. The Bertz CT molecular complexity index is 305. The van der Waals surface area contributed by atoms with Crippen molar-refractivity contribution in [3.05, 3.63) is 0 Å². The molecule has 1 amide bonds. The Hall–Kier alpha value is -0.610. The molecule has 2 fully saturated rings. The van der Waals surface area contributed by atoms with Crippen LogP contribution in [0.4, 0.5) is 0 Å². The highest BCUT2D eigenvalue weighted by atomic mass is 16.2. The molecule has 4 nitrogen and oxygen atoms in total. The van der Waals surface area contributed by atoms with Crippen molar-refractivity contribution in [3.8, 4) is 0 Å². The molecular formula is C16H31N3O. The number of hydrogen-bond acceptors (Lipinski definition) is 3. The van der Waals surface area contributed by atoms with Crippen LogP contribution in [0.5, 0.6) is 0 Å². The van der Waals surface area contributed by atoms with Crippen molar-refractivity contribution < 1.29 is 4.79 Å². The number of carbonyl (C=O) groups is 1. The van der Waals surface area contributed by atoms with E-state index in [0.717, 1.165) is 38.8 Å². The van der Waals surface area contributed by atoms with Gasteiger partial charge in [0, 0.05) is 31.1 Å². The fourth-order valence-electron chi connectivity index (χ4n) is 3.60. The molecule has 0 atom stereocenters. The quantitative estimate of drug-likeness (QED) is 0.836. The number of amides is 1. The molecule has 116 valence electrons. The van der Waals surface area contributed by atoms with Gasteiger partial charge in [-0.3, -0.25) is 4.79 Å². The van der Waals surface area contributed by atoms with Gasteiger partial charge in [0.2, 0.25) is 5.91 Å². The van der Waals surface area contributed by atoms with Crippen LogP contribution in [-0.4, -0.2) is 55.0 Å². The van der Waals surface area contributed by atoms with E-state index in [1.807, 2.05) is 0 Å². The van der Waals surface area contributed by atoms with Gasteiger partial charge in [0.15, 0.2) is 0 Å². The van der Waals surface area contributed by atoms with Gasteiger partial charge in [0.05, 0.1) is 0 Å². The number of nitrogens with two attached hydrogens (primary N) is 1. The molecule has 0 aromatic heterocycles. The van der Waals surface area contributed by atoms with E-state index in [2.05, 4.69) is 23.9 Å². The van der Waals surface area contributed by atoms with Crippen LogP contribution >= 0.6 is 0 Å². The van der Waals surface area contributed by atoms with Crippen molar-refractivity contribution in [2.45, 2.75) is 63.5 Å². The fourth-order valence-corrected chi connectivity index (χ4v) is 3.60. The van der Waals surface area contributed by atoms with Crippen molar-refractivity contribution >= 4 is 5.91 Å². The molecule has 2 aliphatic carbocycles. The predicted molar refractivity (Wildman–Crippen MR) is 82.5 cm³/mol. The van der Waals surface area contributed by atoms with Crippen LogP contribution in [0, 0.1) is 5.92 Å². The summed E-state index contributed by atoms with van der Waals surface area (Å²) in [6.07, 6.45) is 8.98. The minimum atomic E-state index is 0.234. The first-order valence-electron chi connectivity index (χ1n) is 8.28. The molecule has 4 heteroatoms. The minimum Gasteiger partial charge on any atom is -0.338 e. The average molecular weight is 281 g/mol. The molecule has 0 heterocycles. The van der Waals surface area contributed by atoms with Gasteiger partial charge in [-0.1, -0.05) is 12.8 Å². The SMILES string of the molecule is CN(C)CCN(C(=O)C1CCC(N)CC1)C1CCCC1. The minimum absolute atomic E-state index is 0.234. The Morgan fingerprint density at radius 1 is 1.00 bits per heavy atom. The summed E-state index contributed by atoms with van der Waals surface area (Å²) in [5.74, 6) is 0.642. The summed E-state index contributed by atoms with van der Waals surface area (Å²) >= 11 is 0. The van der Waals surface area contributed by atoms with E-state index in [1.165, 1.54) is 25.7 Å². The Morgan fingerprint density at radius 2 is 1.60 bits per heavy atom. The molecule has 0 saturated heterocycles. The molecule has 2 aliphatic rings. The first-order valence-corrected chi connectivity index (χ1v) is 8.28. The molecular weight excluding hydrogens is 250 g/mol. The molecule has 0 bridgehead atoms. The summed E-state index contributed by atoms with van der Waals surface area (Å²) in [5.41, 5.74) is 5.96. The summed E-state index contributed by atoms with van der Waals surface area (Å²) in [5, 5.41) is 0. The molecule has 0 spiro atoms. The first-order chi connectivity index (χ1) is 9.58. The van der Waals surface area contributed by atoms with Crippen molar-refractivity contribution in [2.24, 2.45) is 11.7 Å². The van der Waals surface area contributed by atoms with Crippen LogP contribution in [0.2, 0.25) is 0 Å². The highest BCUT2D eigenvalue weighted by molar-refractivity contribution is 5.79. The second-order valence-electron chi connectivity index (χ2n) is 6.88. The molecule has 0 unspecified atom stereocenters. The van der Waals surface area contributed by atoms with Gasteiger partial charge < -0.3 is 15.5 Å². The van der Waals surface area contributed by atoms with E-state index in [9.17, 15) is 4.79 Å². The smallest absolute Gasteiger partial charge is 0.225 e. The lowest BCUT2D eigenvalue weighted by atomic mass is 9.85. The van der Waals surface area contributed by atoms with Gasteiger partial charge in [-0.25, -0.2) is 0 Å².